The summed E-state index contributed by atoms with van der Waals surface area (Å²) >= 11 is 0. The van der Waals surface area contributed by atoms with Gasteiger partial charge in [0.2, 0.25) is 0 Å². The molecule has 16 heavy (non-hydrogen) atoms. The molecular weight excluding hydrogens is 200 g/mol. The van der Waals surface area contributed by atoms with E-state index < -0.39 is 5.60 Å². The van der Waals surface area contributed by atoms with Crippen LogP contribution in [-0.4, -0.2) is 17.8 Å². The van der Waals surface area contributed by atoms with Crippen LogP contribution in [0.1, 0.15) is 37.8 Å². The maximum absolute atomic E-state index is 10.6. The Kier molecular flexibility index (Phi) is 3.31. The monoisotopic (exact) mass is 220 g/mol. The molecule has 2 heteroatoms. The van der Waals surface area contributed by atoms with Crippen molar-refractivity contribution in [1.29, 1.82) is 0 Å². The average molecular weight is 220 g/mol. The van der Waals surface area contributed by atoms with Crippen molar-refractivity contribution in [3.05, 3.63) is 35.4 Å². The molecule has 2 nitrogen and oxygen atoms in total. The first-order valence-electron chi connectivity index (χ1n) is 6.10. The Morgan fingerprint density at radius 3 is 2.94 bits per heavy atom. The fourth-order valence-corrected chi connectivity index (χ4v) is 2.40. The molecule has 0 spiro atoms. The highest BCUT2D eigenvalue weighted by Gasteiger charge is 2.41. The predicted molar refractivity (Wildman–Crippen MR) is 64.4 cm³/mol. The third kappa shape index (κ3) is 2.00. The van der Waals surface area contributed by atoms with Gasteiger partial charge in [-0.2, -0.15) is 0 Å². The molecule has 88 valence electrons. The predicted octanol–water partition coefficient (Wildman–Crippen LogP) is 2.64. The molecule has 1 heterocycles. The first kappa shape index (κ1) is 11.6. The van der Waals surface area contributed by atoms with Gasteiger partial charge in [-0.05, 0) is 24.5 Å². The number of hydrogen-bond donors (Lipinski definition) is 1. The van der Waals surface area contributed by atoms with E-state index in [0.717, 1.165) is 18.4 Å². The van der Waals surface area contributed by atoms with Crippen molar-refractivity contribution >= 4 is 0 Å². The van der Waals surface area contributed by atoms with E-state index in [2.05, 4.69) is 19.1 Å². The van der Waals surface area contributed by atoms with Gasteiger partial charge >= 0.3 is 0 Å². The van der Waals surface area contributed by atoms with Crippen molar-refractivity contribution in [2.75, 3.05) is 6.61 Å². The van der Waals surface area contributed by atoms with Crippen LogP contribution in [0.5, 0.6) is 0 Å². The van der Waals surface area contributed by atoms with Crippen LogP contribution in [0.25, 0.3) is 0 Å². The summed E-state index contributed by atoms with van der Waals surface area (Å²) < 4.78 is 5.47. The van der Waals surface area contributed by atoms with Crippen LogP contribution in [-0.2, 0) is 16.8 Å². The van der Waals surface area contributed by atoms with Gasteiger partial charge in [0.05, 0.1) is 12.7 Å². The standard InChI is InChI=1S/C14H20O2/c1-3-5-12-6-4-7-13(10-12)14(15)8-9-16-11(14)2/h4,6-7,10-11,15H,3,5,8-9H2,1-2H3. The SMILES string of the molecule is CCCc1cccc(C2(O)CCOC2C)c1. The van der Waals surface area contributed by atoms with Gasteiger partial charge < -0.3 is 9.84 Å². The number of rotatable bonds is 3. The van der Waals surface area contributed by atoms with Gasteiger partial charge in [-0.3, -0.25) is 0 Å². The molecule has 0 saturated carbocycles. The minimum Gasteiger partial charge on any atom is -0.382 e. The van der Waals surface area contributed by atoms with Gasteiger partial charge in [0.25, 0.3) is 0 Å². The van der Waals surface area contributed by atoms with Crippen molar-refractivity contribution in [3.8, 4) is 0 Å². The number of aliphatic hydroxyl groups is 1. The van der Waals surface area contributed by atoms with Crippen LogP contribution in [0, 0.1) is 0 Å². The van der Waals surface area contributed by atoms with E-state index >= 15 is 0 Å². The molecule has 2 atom stereocenters. The second-order valence-corrected chi connectivity index (χ2v) is 4.64. The van der Waals surface area contributed by atoms with Crippen LogP contribution in [0.15, 0.2) is 24.3 Å². The summed E-state index contributed by atoms with van der Waals surface area (Å²) in [6.45, 7) is 4.76. The topological polar surface area (TPSA) is 29.5 Å². The van der Waals surface area contributed by atoms with Crippen molar-refractivity contribution < 1.29 is 9.84 Å². The molecule has 1 aromatic carbocycles. The first-order chi connectivity index (χ1) is 7.66. The van der Waals surface area contributed by atoms with Crippen molar-refractivity contribution in [2.24, 2.45) is 0 Å². The van der Waals surface area contributed by atoms with Crippen LogP contribution in [0.2, 0.25) is 0 Å². The van der Waals surface area contributed by atoms with E-state index in [-0.39, 0.29) is 6.10 Å². The normalized spacial score (nSPS) is 29.6. The van der Waals surface area contributed by atoms with Crippen LogP contribution in [0.3, 0.4) is 0 Å². The van der Waals surface area contributed by atoms with Crippen molar-refractivity contribution in [3.63, 3.8) is 0 Å². The lowest BCUT2D eigenvalue weighted by molar-refractivity contribution is -0.0317. The first-order valence-corrected chi connectivity index (χ1v) is 6.10. The fourth-order valence-electron chi connectivity index (χ4n) is 2.40. The van der Waals surface area contributed by atoms with E-state index in [0.29, 0.717) is 13.0 Å². The zero-order valence-electron chi connectivity index (χ0n) is 10.1. The quantitative estimate of drug-likeness (QED) is 0.848. The Labute approximate surface area is 97.3 Å². The summed E-state index contributed by atoms with van der Waals surface area (Å²) in [5, 5.41) is 10.6. The van der Waals surface area contributed by atoms with Gasteiger partial charge in [-0.1, -0.05) is 37.6 Å². The summed E-state index contributed by atoms with van der Waals surface area (Å²) in [6.07, 6.45) is 2.79. The zero-order valence-corrected chi connectivity index (χ0v) is 10.1. The lowest BCUT2D eigenvalue weighted by atomic mass is 9.87. The van der Waals surface area contributed by atoms with Gasteiger partial charge in [0.15, 0.2) is 0 Å². The molecule has 0 aliphatic carbocycles. The Hall–Kier alpha value is -0.860. The summed E-state index contributed by atoms with van der Waals surface area (Å²) in [4.78, 5) is 0. The molecule has 0 radical (unpaired) electrons. The minimum absolute atomic E-state index is 0.107. The maximum atomic E-state index is 10.6. The number of ether oxygens (including phenoxy) is 1. The molecule has 0 bridgehead atoms. The molecule has 0 amide bonds. The second-order valence-electron chi connectivity index (χ2n) is 4.64. The largest absolute Gasteiger partial charge is 0.382 e. The molecule has 2 unspecified atom stereocenters. The molecule has 1 fully saturated rings. The van der Waals surface area contributed by atoms with E-state index in [1.165, 1.54) is 5.56 Å². The highest BCUT2D eigenvalue weighted by molar-refractivity contribution is 5.30. The maximum Gasteiger partial charge on any atom is 0.118 e. The van der Waals surface area contributed by atoms with E-state index in [1.54, 1.807) is 0 Å². The molecule has 2 rings (SSSR count). The highest BCUT2D eigenvalue weighted by atomic mass is 16.5. The van der Waals surface area contributed by atoms with Crippen LogP contribution < -0.4 is 0 Å². The molecule has 0 aromatic heterocycles. The van der Waals surface area contributed by atoms with E-state index in [9.17, 15) is 5.11 Å². The molecule has 1 N–H and O–H groups in total. The molecule has 1 saturated heterocycles. The third-order valence-corrected chi connectivity index (χ3v) is 3.49. The van der Waals surface area contributed by atoms with Gasteiger partial charge in [0, 0.05) is 6.42 Å². The van der Waals surface area contributed by atoms with Crippen LogP contribution in [0.4, 0.5) is 0 Å². The van der Waals surface area contributed by atoms with E-state index in [1.807, 2.05) is 19.1 Å². The number of hydrogen-bond acceptors (Lipinski definition) is 2. The van der Waals surface area contributed by atoms with E-state index in [4.69, 9.17) is 4.74 Å². The Morgan fingerprint density at radius 2 is 2.31 bits per heavy atom. The summed E-state index contributed by atoms with van der Waals surface area (Å²) in [5.41, 5.74) is 1.51. The van der Waals surface area contributed by atoms with Crippen molar-refractivity contribution in [1.82, 2.24) is 0 Å². The minimum atomic E-state index is -0.788. The molecule has 1 aliphatic heterocycles. The summed E-state index contributed by atoms with van der Waals surface area (Å²) in [5.74, 6) is 0. The Morgan fingerprint density at radius 1 is 1.50 bits per heavy atom. The fraction of sp³-hybridized carbons (Fsp3) is 0.571. The number of benzene rings is 1. The summed E-state index contributed by atoms with van der Waals surface area (Å²) in [6, 6.07) is 8.28. The lowest BCUT2D eigenvalue weighted by Gasteiger charge is -2.27. The Bertz CT molecular complexity index is 362. The Balaban J connectivity index is 2.29. The highest BCUT2D eigenvalue weighted by Crippen LogP contribution is 2.36. The van der Waals surface area contributed by atoms with Gasteiger partial charge in [-0.25, -0.2) is 0 Å². The number of aryl methyl sites for hydroxylation is 1. The third-order valence-electron chi connectivity index (χ3n) is 3.49. The zero-order chi connectivity index (χ0) is 11.6. The summed E-state index contributed by atoms with van der Waals surface area (Å²) in [7, 11) is 0. The lowest BCUT2D eigenvalue weighted by Crippen LogP contribution is -2.33. The van der Waals surface area contributed by atoms with Crippen LogP contribution >= 0.6 is 0 Å². The smallest absolute Gasteiger partial charge is 0.118 e. The molecular formula is C14H20O2. The second kappa shape index (κ2) is 4.56. The van der Waals surface area contributed by atoms with Gasteiger partial charge in [-0.15, -0.1) is 0 Å². The van der Waals surface area contributed by atoms with Crippen molar-refractivity contribution in [2.45, 2.75) is 44.8 Å². The van der Waals surface area contributed by atoms with Gasteiger partial charge in [0.1, 0.15) is 5.60 Å². The molecule has 1 aliphatic rings. The molecule has 1 aromatic rings. The average Bonchev–Trinajstić information content (AvgIpc) is 2.62.